The molecule has 0 radical (unpaired) electrons. The zero-order valence-corrected chi connectivity index (χ0v) is 16.8. The largest absolute Gasteiger partial charge is 0.429 e. The highest BCUT2D eigenvalue weighted by atomic mass is 19.3. The van der Waals surface area contributed by atoms with Crippen molar-refractivity contribution >= 4 is 0 Å². The molecule has 30 heavy (non-hydrogen) atoms. The van der Waals surface area contributed by atoms with Crippen LogP contribution in [0.4, 0.5) is 22.0 Å². The molecule has 0 aliphatic heterocycles. The van der Waals surface area contributed by atoms with Crippen LogP contribution in [0.1, 0.15) is 62.5 Å². The van der Waals surface area contributed by atoms with E-state index in [9.17, 15) is 22.0 Å². The summed E-state index contributed by atoms with van der Waals surface area (Å²) in [6, 6.07) is 6.64. The van der Waals surface area contributed by atoms with Gasteiger partial charge in [-0.25, -0.2) is 13.2 Å². The Balaban J connectivity index is 1.62. The molecule has 3 rings (SSSR count). The Labute approximate surface area is 173 Å². The first kappa shape index (κ1) is 22.3. The molecule has 0 amide bonds. The lowest BCUT2D eigenvalue weighted by atomic mass is 9.77. The van der Waals surface area contributed by atoms with Crippen molar-refractivity contribution < 1.29 is 26.7 Å². The van der Waals surface area contributed by atoms with Crippen molar-refractivity contribution in [3.8, 4) is 5.75 Å². The third-order valence-corrected chi connectivity index (χ3v) is 5.75. The Morgan fingerprint density at radius 2 is 1.57 bits per heavy atom. The topological polar surface area (TPSA) is 9.23 Å². The van der Waals surface area contributed by atoms with Crippen molar-refractivity contribution in [3.05, 3.63) is 77.1 Å². The van der Waals surface area contributed by atoms with Crippen LogP contribution in [0.5, 0.6) is 5.75 Å². The molecular formula is C24H25F5O. The fourth-order valence-corrected chi connectivity index (χ4v) is 4.03. The van der Waals surface area contributed by atoms with Gasteiger partial charge >= 0.3 is 6.11 Å². The van der Waals surface area contributed by atoms with Gasteiger partial charge in [0.2, 0.25) is 0 Å². The molecule has 0 N–H and O–H groups in total. The summed E-state index contributed by atoms with van der Waals surface area (Å²) in [7, 11) is 0. The van der Waals surface area contributed by atoms with E-state index in [0.29, 0.717) is 24.0 Å². The van der Waals surface area contributed by atoms with Gasteiger partial charge in [0.25, 0.3) is 0 Å². The second-order valence-corrected chi connectivity index (χ2v) is 7.81. The minimum absolute atomic E-state index is 0.340. The van der Waals surface area contributed by atoms with Crippen LogP contribution in [0.25, 0.3) is 0 Å². The number of hydrogen-bond donors (Lipinski definition) is 0. The SMILES string of the molecule is CC=CCCC1CCC(c2ccc(C(F)(F)Oc3cc(F)c(F)c(F)c3)cc2)CC1. The Hall–Kier alpha value is -2.37. The van der Waals surface area contributed by atoms with Gasteiger partial charge in [0, 0.05) is 12.1 Å². The fraction of sp³-hybridized carbons (Fsp3) is 0.417. The lowest BCUT2D eigenvalue weighted by molar-refractivity contribution is -0.185. The molecule has 0 saturated heterocycles. The van der Waals surface area contributed by atoms with Crippen molar-refractivity contribution in [2.75, 3.05) is 0 Å². The number of ether oxygens (including phenoxy) is 1. The van der Waals surface area contributed by atoms with Gasteiger partial charge in [0.15, 0.2) is 17.5 Å². The number of rotatable bonds is 7. The van der Waals surface area contributed by atoms with Crippen LogP contribution in [-0.2, 0) is 6.11 Å². The number of halogens is 5. The molecule has 2 aromatic rings. The first-order valence-corrected chi connectivity index (χ1v) is 10.2. The molecule has 0 bridgehead atoms. The van der Waals surface area contributed by atoms with E-state index in [2.05, 4.69) is 16.9 Å². The maximum absolute atomic E-state index is 14.4. The Morgan fingerprint density at radius 1 is 0.967 bits per heavy atom. The van der Waals surface area contributed by atoms with E-state index in [1.165, 1.54) is 18.6 Å². The van der Waals surface area contributed by atoms with Gasteiger partial charge < -0.3 is 4.74 Å². The number of alkyl halides is 2. The Morgan fingerprint density at radius 3 is 2.13 bits per heavy atom. The average Bonchev–Trinajstić information content (AvgIpc) is 2.72. The Kier molecular flexibility index (Phi) is 7.16. The molecule has 1 saturated carbocycles. The van der Waals surface area contributed by atoms with Gasteiger partial charge in [-0.3, -0.25) is 0 Å². The van der Waals surface area contributed by atoms with Crippen LogP contribution in [-0.4, -0.2) is 0 Å². The number of benzene rings is 2. The summed E-state index contributed by atoms with van der Waals surface area (Å²) in [4.78, 5) is 0. The van der Waals surface area contributed by atoms with Crippen LogP contribution < -0.4 is 4.74 Å². The first-order chi connectivity index (χ1) is 14.3. The van der Waals surface area contributed by atoms with Crippen LogP contribution in [0.2, 0.25) is 0 Å². The second-order valence-electron chi connectivity index (χ2n) is 7.81. The third kappa shape index (κ3) is 5.41. The molecule has 2 aromatic carbocycles. The second kappa shape index (κ2) is 9.63. The molecule has 162 valence electrons. The molecule has 0 spiro atoms. The first-order valence-electron chi connectivity index (χ1n) is 10.2. The lowest BCUT2D eigenvalue weighted by Crippen LogP contribution is -2.22. The summed E-state index contributed by atoms with van der Waals surface area (Å²) in [5.41, 5.74) is 0.566. The third-order valence-electron chi connectivity index (χ3n) is 5.75. The van der Waals surface area contributed by atoms with E-state index in [1.807, 2.05) is 6.92 Å². The van der Waals surface area contributed by atoms with Crippen LogP contribution in [0.15, 0.2) is 48.6 Å². The predicted molar refractivity (Wildman–Crippen MR) is 106 cm³/mol. The van der Waals surface area contributed by atoms with Gasteiger partial charge in [0.1, 0.15) is 5.75 Å². The maximum Gasteiger partial charge on any atom is 0.426 e. The van der Waals surface area contributed by atoms with Crippen molar-refractivity contribution in [2.24, 2.45) is 5.92 Å². The van der Waals surface area contributed by atoms with E-state index in [0.717, 1.165) is 37.7 Å². The van der Waals surface area contributed by atoms with Crippen molar-refractivity contribution in [2.45, 2.75) is 57.5 Å². The summed E-state index contributed by atoms with van der Waals surface area (Å²) in [5.74, 6) is -4.63. The van der Waals surface area contributed by atoms with E-state index in [1.54, 1.807) is 12.1 Å². The molecule has 1 aliphatic carbocycles. The zero-order chi connectivity index (χ0) is 21.7. The molecule has 0 unspecified atom stereocenters. The molecule has 6 heteroatoms. The highest BCUT2D eigenvalue weighted by Gasteiger charge is 2.35. The predicted octanol–water partition coefficient (Wildman–Crippen LogP) is 7.86. The highest BCUT2D eigenvalue weighted by Crippen LogP contribution is 2.39. The van der Waals surface area contributed by atoms with Crippen LogP contribution in [0, 0.1) is 23.4 Å². The molecule has 0 aromatic heterocycles. The van der Waals surface area contributed by atoms with Gasteiger partial charge in [-0.15, -0.1) is 0 Å². The van der Waals surface area contributed by atoms with E-state index in [4.69, 9.17) is 0 Å². The van der Waals surface area contributed by atoms with Crippen molar-refractivity contribution in [3.63, 3.8) is 0 Å². The standard InChI is InChI=1S/C24H25F5O/c1-2-3-4-5-16-6-8-17(9-7-16)18-10-12-19(13-11-18)24(28,29)30-20-14-21(25)23(27)22(26)15-20/h2-3,10-17H,4-9H2,1H3. The normalized spacial score (nSPS) is 19.9. The van der Waals surface area contributed by atoms with Crippen molar-refractivity contribution in [1.29, 1.82) is 0 Å². The molecule has 0 atom stereocenters. The molecular weight excluding hydrogens is 399 g/mol. The number of allylic oxidation sites excluding steroid dienone is 2. The van der Waals surface area contributed by atoms with E-state index >= 15 is 0 Å². The molecule has 1 nitrogen and oxygen atoms in total. The van der Waals surface area contributed by atoms with Crippen LogP contribution >= 0.6 is 0 Å². The summed E-state index contributed by atoms with van der Waals surface area (Å²) in [5, 5.41) is 0. The molecule has 1 fully saturated rings. The summed E-state index contributed by atoms with van der Waals surface area (Å²) < 4.78 is 72.8. The highest BCUT2D eigenvalue weighted by molar-refractivity contribution is 5.30. The zero-order valence-electron chi connectivity index (χ0n) is 16.8. The maximum atomic E-state index is 14.4. The summed E-state index contributed by atoms with van der Waals surface area (Å²) >= 11 is 0. The minimum atomic E-state index is -3.81. The van der Waals surface area contributed by atoms with Crippen LogP contribution in [0.3, 0.4) is 0 Å². The molecule has 0 heterocycles. The van der Waals surface area contributed by atoms with E-state index in [-0.39, 0.29) is 0 Å². The lowest BCUT2D eigenvalue weighted by Gasteiger charge is -2.29. The summed E-state index contributed by atoms with van der Waals surface area (Å²) in [6.45, 7) is 2.02. The van der Waals surface area contributed by atoms with Gasteiger partial charge in [-0.05, 0) is 75.0 Å². The minimum Gasteiger partial charge on any atom is -0.429 e. The average molecular weight is 424 g/mol. The number of hydrogen-bond acceptors (Lipinski definition) is 1. The molecule has 1 aliphatic rings. The summed E-state index contributed by atoms with van der Waals surface area (Å²) in [6.07, 6.45) is 7.04. The van der Waals surface area contributed by atoms with Gasteiger partial charge in [-0.1, -0.05) is 24.3 Å². The van der Waals surface area contributed by atoms with Gasteiger partial charge in [-0.2, -0.15) is 8.78 Å². The monoisotopic (exact) mass is 424 g/mol. The Bertz CT molecular complexity index is 845. The fourth-order valence-electron chi connectivity index (χ4n) is 4.03. The quantitative estimate of drug-likeness (QED) is 0.250. The van der Waals surface area contributed by atoms with E-state index < -0.39 is 34.9 Å². The van der Waals surface area contributed by atoms with Crippen molar-refractivity contribution in [1.82, 2.24) is 0 Å². The van der Waals surface area contributed by atoms with Gasteiger partial charge in [0.05, 0.1) is 5.56 Å². The smallest absolute Gasteiger partial charge is 0.426 e.